The van der Waals surface area contributed by atoms with Crippen molar-refractivity contribution in [2.45, 2.75) is 0 Å². The number of nitrogens with zero attached hydrogens (tertiary/aromatic N) is 1. The Kier molecular flexibility index (Phi) is 7.88. The third-order valence-corrected chi connectivity index (χ3v) is 1.87. The lowest BCUT2D eigenvalue weighted by Gasteiger charge is -1.69. The molecule has 0 aliphatic carbocycles. The number of benzene rings is 2. The highest BCUT2D eigenvalue weighted by Crippen LogP contribution is 1.80. The predicted octanol–water partition coefficient (Wildman–Crippen LogP) is 4.00. The molecule has 17 heavy (non-hydrogen) atoms. The van der Waals surface area contributed by atoms with E-state index < -0.39 is 0 Å². The van der Waals surface area contributed by atoms with E-state index in [-0.39, 0.29) is 0 Å². The van der Waals surface area contributed by atoms with Gasteiger partial charge in [0, 0.05) is 6.21 Å². The van der Waals surface area contributed by atoms with Crippen molar-refractivity contribution in [3.05, 3.63) is 84.9 Å². The van der Waals surface area contributed by atoms with Crippen LogP contribution in [0.15, 0.2) is 89.9 Å². The number of hydrogen-bond donors (Lipinski definition) is 0. The van der Waals surface area contributed by atoms with Gasteiger partial charge in [0.1, 0.15) is 0 Å². The average molecular weight is 223 g/mol. The molecule has 0 radical (unpaired) electrons. The summed E-state index contributed by atoms with van der Waals surface area (Å²) in [6, 6.07) is 24.0. The normalized spacial score (nSPS) is 10.8. The molecule has 0 fully saturated rings. The Hall–Kier alpha value is -2.15. The van der Waals surface area contributed by atoms with E-state index >= 15 is 0 Å². The zero-order valence-electron chi connectivity index (χ0n) is 9.81. The van der Waals surface area contributed by atoms with Crippen LogP contribution in [-0.4, -0.2) is 12.8 Å². The highest BCUT2D eigenvalue weighted by molar-refractivity contribution is 5.73. The summed E-state index contributed by atoms with van der Waals surface area (Å²) in [5, 5.41) is 0. The second-order valence-corrected chi connectivity index (χ2v) is 3.25. The summed E-state index contributed by atoms with van der Waals surface area (Å²) in [4.78, 5) is 3.85. The van der Waals surface area contributed by atoms with Gasteiger partial charge in [0.2, 0.25) is 0 Å². The zero-order chi connectivity index (χ0) is 12.0. The summed E-state index contributed by atoms with van der Waals surface area (Å²) < 4.78 is 0. The van der Waals surface area contributed by atoms with Gasteiger partial charge in [-0.3, -0.25) is 4.99 Å². The van der Waals surface area contributed by atoms with Gasteiger partial charge in [0.25, 0.3) is 0 Å². The maximum absolute atomic E-state index is 3.85. The van der Waals surface area contributed by atoms with E-state index in [1.54, 1.807) is 6.21 Å². The van der Waals surface area contributed by atoms with Crippen molar-refractivity contribution >= 4 is 6.21 Å². The molecule has 0 saturated heterocycles. The molecular weight excluding hydrogens is 206 g/mol. The molecule has 0 bridgehead atoms. The Bertz CT molecular complexity index is 309. The minimum atomic E-state index is 0.889. The molecule has 0 saturated carbocycles. The van der Waals surface area contributed by atoms with Gasteiger partial charge in [-0.1, -0.05) is 78.9 Å². The van der Waals surface area contributed by atoms with Crippen LogP contribution in [0.1, 0.15) is 0 Å². The Balaban J connectivity index is 0.000000128. The quantitative estimate of drug-likeness (QED) is 0.640. The minimum absolute atomic E-state index is 0.889. The van der Waals surface area contributed by atoms with Crippen LogP contribution in [0.4, 0.5) is 0 Å². The van der Waals surface area contributed by atoms with Crippen molar-refractivity contribution in [1.82, 2.24) is 0 Å². The fourth-order valence-corrected chi connectivity index (χ4v) is 1.07. The van der Waals surface area contributed by atoms with Crippen molar-refractivity contribution in [2.75, 3.05) is 6.54 Å². The second-order valence-electron chi connectivity index (χ2n) is 3.25. The Morgan fingerprint density at radius 1 is 0.529 bits per heavy atom. The first-order valence-electron chi connectivity index (χ1n) is 5.65. The van der Waals surface area contributed by atoms with Gasteiger partial charge in [0.05, 0.1) is 6.54 Å². The maximum Gasteiger partial charge on any atom is 0.0573 e. The van der Waals surface area contributed by atoms with Crippen LogP contribution in [0.5, 0.6) is 0 Å². The number of rotatable bonds is 0. The third-order valence-electron chi connectivity index (χ3n) is 1.87. The maximum atomic E-state index is 3.85. The molecule has 3 rings (SSSR count). The van der Waals surface area contributed by atoms with Crippen molar-refractivity contribution in [3.63, 3.8) is 0 Å². The first kappa shape index (κ1) is 12.9. The average Bonchev–Trinajstić information content (AvgIpc) is 3.03. The van der Waals surface area contributed by atoms with Gasteiger partial charge in [-0.2, -0.15) is 0 Å². The molecule has 1 aliphatic rings. The lowest BCUT2D eigenvalue weighted by atomic mass is 10.4. The molecule has 2 aromatic carbocycles. The van der Waals surface area contributed by atoms with Gasteiger partial charge < -0.3 is 0 Å². The number of hydrogen-bond acceptors (Lipinski definition) is 1. The van der Waals surface area contributed by atoms with E-state index in [1.807, 2.05) is 84.9 Å². The SMILES string of the molecule is C1=CCN=C1.c1ccccc1.c1ccccc1. The molecule has 1 nitrogen and oxygen atoms in total. The molecule has 1 heteroatoms. The summed E-state index contributed by atoms with van der Waals surface area (Å²) in [5.74, 6) is 0. The summed E-state index contributed by atoms with van der Waals surface area (Å²) >= 11 is 0. The largest absolute Gasteiger partial charge is 0.289 e. The van der Waals surface area contributed by atoms with Crippen LogP contribution in [0, 0.1) is 0 Å². The van der Waals surface area contributed by atoms with E-state index in [9.17, 15) is 0 Å². The summed E-state index contributed by atoms with van der Waals surface area (Å²) in [6.07, 6.45) is 5.76. The number of allylic oxidation sites excluding steroid dienone is 1. The van der Waals surface area contributed by atoms with E-state index in [1.165, 1.54) is 0 Å². The minimum Gasteiger partial charge on any atom is -0.289 e. The van der Waals surface area contributed by atoms with Crippen LogP contribution in [0.25, 0.3) is 0 Å². The second kappa shape index (κ2) is 10.4. The molecule has 2 aromatic rings. The predicted molar refractivity (Wildman–Crippen MR) is 75.4 cm³/mol. The smallest absolute Gasteiger partial charge is 0.0573 e. The Labute approximate surface area is 103 Å². The lowest BCUT2D eigenvalue weighted by molar-refractivity contribution is 1.29. The van der Waals surface area contributed by atoms with Gasteiger partial charge in [-0.05, 0) is 6.08 Å². The van der Waals surface area contributed by atoms with Crippen LogP contribution in [-0.2, 0) is 0 Å². The van der Waals surface area contributed by atoms with E-state index in [4.69, 9.17) is 0 Å². The van der Waals surface area contributed by atoms with E-state index in [0.29, 0.717) is 0 Å². The summed E-state index contributed by atoms with van der Waals surface area (Å²) in [6.45, 7) is 0.889. The van der Waals surface area contributed by atoms with Crippen molar-refractivity contribution < 1.29 is 0 Å². The first-order valence-corrected chi connectivity index (χ1v) is 5.65. The van der Waals surface area contributed by atoms with Crippen LogP contribution < -0.4 is 0 Å². The summed E-state index contributed by atoms with van der Waals surface area (Å²) in [7, 11) is 0. The van der Waals surface area contributed by atoms with Gasteiger partial charge >= 0.3 is 0 Å². The lowest BCUT2D eigenvalue weighted by Crippen LogP contribution is -1.54. The van der Waals surface area contributed by atoms with Crippen molar-refractivity contribution in [1.29, 1.82) is 0 Å². The van der Waals surface area contributed by atoms with Crippen molar-refractivity contribution in [2.24, 2.45) is 4.99 Å². The van der Waals surface area contributed by atoms with Crippen LogP contribution >= 0.6 is 0 Å². The molecule has 0 aromatic heterocycles. The first-order chi connectivity index (χ1) is 8.50. The molecule has 0 unspecified atom stereocenters. The zero-order valence-corrected chi connectivity index (χ0v) is 9.81. The Morgan fingerprint density at radius 3 is 1.00 bits per heavy atom. The highest BCUT2D eigenvalue weighted by atomic mass is 14.7. The molecule has 86 valence electrons. The molecule has 1 heterocycles. The number of aliphatic imine (C=N–C) groups is 1. The van der Waals surface area contributed by atoms with Gasteiger partial charge in [-0.25, -0.2) is 0 Å². The standard InChI is InChI=1S/2C6H6.C4H5N/c2*1-2-4-6-5-3-1;1-2-4-5-3-1/h2*1-6H;1-3H,4H2. The van der Waals surface area contributed by atoms with E-state index in [0.717, 1.165) is 6.54 Å². The van der Waals surface area contributed by atoms with Gasteiger partial charge in [-0.15, -0.1) is 0 Å². The molecule has 1 aliphatic heterocycles. The molecule has 0 atom stereocenters. The molecule has 0 N–H and O–H groups in total. The monoisotopic (exact) mass is 223 g/mol. The highest BCUT2D eigenvalue weighted by Gasteiger charge is 1.72. The molecular formula is C16H17N. The molecule has 0 amide bonds. The summed E-state index contributed by atoms with van der Waals surface area (Å²) in [5.41, 5.74) is 0. The fraction of sp³-hybridized carbons (Fsp3) is 0.0625. The van der Waals surface area contributed by atoms with E-state index in [2.05, 4.69) is 4.99 Å². The third kappa shape index (κ3) is 8.82. The molecule has 0 spiro atoms. The van der Waals surface area contributed by atoms with Crippen molar-refractivity contribution in [3.8, 4) is 0 Å². The Morgan fingerprint density at radius 2 is 0.882 bits per heavy atom. The topological polar surface area (TPSA) is 12.4 Å². The van der Waals surface area contributed by atoms with Gasteiger partial charge in [0.15, 0.2) is 0 Å². The van der Waals surface area contributed by atoms with Crippen LogP contribution in [0.3, 0.4) is 0 Å². The van der Waals surface area contributed by atoms with Crippen LogP contribution in [0.2, 0.25) is 0 Å². The fourth-order valence-electron chi connectivity index (χ4n) is 1.07.